The summed E-state index contributed by atoms with van der Waals surface area (Å²) in [6.07, 6.45) is 1.50. The van der Waals surface area contributed by atoms with Crippen LogP contribution in [-0.2, 0) is 9.47 Å². The first-order chi connectivity index (χ1) is 17.0. The highest BCUT2D eigenvalue weighted by molar-refractivity contribution is 7.17. The van der Waals surface area contributed by atoms with E-state index in [4.69, 9.17) is 9.47 Å². The summed E-state index contributed by atoms with van der Waals surface area (Å²) in [6.45, 7) is 8.25. The molecule has 4 rings (SSSR count). The molecule has 10 nitrogen and oxygen atoms in total. The zero-order valence-corrected chi connectivity index (χ0v) is 20.6. The van der Waals surface area contributed by atoms with Crippen LogP contribution in [-0.4, -0.2) is 77.7 Å². The van der Waals surface area contributed by atoms with E-state index in [0.29, 0.717) is 47.0 Å². The van der Waals surface area contributed by atoms with E-state index in [1.807, 2.05) is 31.2 Å². The number of anilines is 3. The zero-order chi connectivity index (χ0) is 24.6. The van der Waals surface area contributed by atoms with E-state index in [0.717, 1.165) is 32.0 Å². The molecule has 0 unspecified atom stereocenters. The molecule has 184 valence electrons. The monoisotopic (exact) mass is 496 g/mol. The molecule has 1 fully saturated rings. The van der Waals surface area contributed by atoms with Crippen LogP contribution in [0.1, 0.15) is 32.8 Å². The molecule has 1 aliphatic rings. The number of hydrogen-bond donors (Lipinski definition) is 1. The Morgan fingerprint density at radius 3 is 2.57 bits per heavy atom. The molecule has 0 radical (unpaired) electrons. The van der Waals surface area contributed by atoms with Gasteiger partial charge in [-0.1, -0.05) is 29.5 Å². The van der Waals surface area contributed by atoms with Crippen molar-refractivity contribution in [2.45, 2.75) is 13.8 Å². The minimum Gasteiger partial charge on any atom is -0.462 e. The van der Waals surface area contributed by atoms with Crippen molar-refractivity contribution < 1.29 is 19.1 Å². The summed E-state index contributed by atoms with van der Waals surface area (Å²) in [4.78, 5) is 42.2. The maximum atomic E-state index is 12.1. The highest BCUT2D eigenvalue weighted by Crippen LogP contribution is 2.25. The Bertz CT molecular complexity index is 1150. The van der Waals surface area contributed by atoms with E-state index in [-0.39, 0.29) is 11.9 Å². The van der Waals surface area contributed by atoms with Crippen molar-refractivity contribution >= 4 is 40.0 Å². The molecule has 1 saturated heterocycles. The highest BCUT2D eigenvalue weighted by atomic mass is 32.1. The van der Waals surface area contributed by atoms with Crippen LogP contribution in [0.25, 0.3) is 0 Å². The molecule has 1 aliphatic heterocycles. The third-order valence-corrected chi connectivity index (χ3v) is 6.28. The lowest BCUT2D eigenvalue weighted by molar-refractivity contribution is 0.0458. The van der Waals surface area contributed by atoms with Gasteiger partial charge in [0.25, 0.3) is 0 Å². The van der Waals surface area contributed by atoms with Crippen molar-refractivity contribution in [3.63, 3.8) is 0 Å². The summed E-state index contributed by atoms with van der Waals surface area (Å²) in [6, 6.07) is 10.9. The summed E-state index contributed by atoms with van der Waals surface area (Å²) in [5.41, 5.74) is 0.565. The number of benzene rings is 1. The molecule has 1 N–H and O–H groups in total. The van der Waals surface area contributed by atoms with Crippen molar-refractivity contribution in [1.29, 1.82) is 0 Å². The molecule has 3 heterocycles. The number of carbonyl (C=O) groups excluding carboxylic acids is 2. The van der Waals surface area contributed by atoms with Gasteiger partial charge in [-0.25, -0.2) is 24.5 Å². The Hall–Kier alpha value is -3.57. The molecule has 0 saturated carbocycles. The Morgan fingerprint density at radius 1 is 1.06 bits per heavy atom. The van der Waals surface area contributed by atoms with E-state index in [2.05, 4.69) is 30.1 Å². The molecular weight excluding hydrogens is 468 g/mol. The van der Waals surface area contributed by atoms with Gasteiger partial charge in [0.15, 0.2) is 5.13 Å². The van der Waals surface area contributed by atoms with Crippen molar-refractivity contribution in [1.82, 2.24) is 19.9 Å². The second-order valence-electron chi connectivity index (χ2n) is 7.86. The van der Waals surface area contributed by atoms with Crippen molar-refractivity contribution in [2.24, 2.45) is 0 Å². The van der Waals surface area contributed by atoms with Gasteiger partial charge in [-0.3, -0.25) is 4.90 Å². The maximum Gasteiger partial charge on any atom is 0.350 e. The van der Waals surface area contributed by atoms with Crippen LogP contribution in [0.15, 0.2) is 42.6 Å². The molecule has 0 aliphatic carbocycles. The number of thiazole rings is 1. The average Bonchev–Trinajstić information content (AvgIpc) is 3.33. The SMILES string of the molecule is CCOC(=O)c1cnc(Nc2cc(N3CCN(CCOC(=O)c4ccccc4)CC3)nc(C)n2)s1. The van der Waals surface area contributed by atoms with Gasteiger partial charge < -0.3 is 19.7 Å². The van der Waals surface area contributed by atoms with Gasteiger partial charge in [0, 0.05) is 38.8 Å². The van der Waals surface area contributed by atoms with Crippen LogP contribution in [0.5, 0.6) is 0 Å². The summed E-state index contributed by atoms with van der Waals surface area (Å²) in [7, 11) is 0. The third kappa shape index (κ3) is 6.74. The predicted octanol–water partition coefficient (Wildman–Crippen LogP) is 3.14. The summed E-state index contributed by atoms with van der Waals surface area (Å²) in [5, 5.41) is 3.73. The molecule has 35 heavy (non-hydrogen) atoms. The molecule has 0 bridgehead atoms. The lowest BCUT2D eigenvalue weighted by Gasteiger charge is -2.35. The summed E-state index contributed by atoms with van der Waals surface area (Å²) >= 11 is 1.22. The third-order valence-electron chi connectivity index (χ3n) is 5.39. The lowest BCUT2D eigenvalue weighted by atomic mass is 10.2. The molecule has 0 amide bonds. The number of ether oxygens (including phenoxy) is 2. The second kappa shape index (κ2) is 11.7. The smallest absolute Gasteiger partial charge is 0.350 e. The minimum atomic E-state index is -0.384. The molecule has 11 heteroatoms. The van der Waals surface area contributed by atoms with Gasteiger partial charge in [0.05, 0.1) is 18.4 Å². The number of rotatable bonds is 9. The second-order valence-corrected chi connectivity index (χ2v) is 8.90. The van der Waals surface area contributed by atoms with E-state index in [9.17, 15) is 9.59 Å². The number of nitrogens with zero attached hydrogens (tertiary/aromatic N) is 5. The largest absolute Gasteiger partial charge is 0.462 e. The number of piperazine rings is 1. The van der Waals surface area contributed by atoms with E-state index in [1.165, 1.54) is 17.5 Å². The van der Waals surface area contributed by atoms with Crippen molar-refractivity contribution in [3.05, 3.63) is 58.9 Å². The first-order valence-corrected chi connectivity index (χ1v) is 12.3. The van der Waals surface area contributed by atoms with Crippen LogP contribution in [0.4, 0.5) is 16.8 Å². The normalized spacial score (nSPS) is 13.9. The average molecular weight is 497 g/mol. The maximum absolute atomic E-state index is 12.1. The molecular formula is C24H28N6O4S. The van der Waals surface area contributed by atoms with Crippen LogP contribution in [0, 0.1) is 6.92 Å². The fourth-order valence-corrected chi connectivity index (χ4v) is 4.36. The van der Waals surface area contributed by atoms with Gasteiger partial charge in [-0.2, -0.15) is 0 Å². The van der Waals surface area contributed by atoms with Gasteiger partial charge in [0.2, 0.25) is 0 Å². The molecule has 0 spiro atoms. The number of esters is 2. The van der Waals surface area contributed by atoms with Gasteiger partial charge in [-0.15, -0.1) is 0 Å². The number of aryl methyl sites for hydroxylation is 1. The lowest BCUT2D eigenvalue weighted by Crippen LogP contribution is -2.47. The van der Waals surface area contributed by atoms with E-state index in [1.54, 1.807) is 19.1 Å². The van der Waals surface area contributed by atoms with Gasteiger partial charge in [0.1, 0.15) is 28.9 Å². The molecule has 3 aromatic rings. The summed E-state index contributed by atoms with van der Waals surface area (Å²) in [5.74, 6) is 1.41. The highest BCUT2D eigenvalue weighted by Gasteiger charge is 2.20. The standard InChI is InChI=1S/C24H28N6O4S/c1-3-33-23(32)19-16-25-24(35-19)28-20-15-21(27-17(2)26-20)30-11-9-29(10-12-30)13-14-34-22(31)18-7-5-4-6-8-18/h4-8,15-16H,3,9-14H2,1-2H3,(H,25,26,27,28). The Balaban J connectivity index is 1.28. The van der Waals surface area contributed by atoms with Crippen molar-refractivity contribution in [2.75, 3.05) is 56.2 Å². The predicted molar refractivity (Wildman–Crippen MR) is 133 cm³/mol. The number of hydrogen-bond acceptors (Lipinski definition) is 11. The number of carbonyl (C=O) groups is 2. The fraction of sp³-hybridized carbons (Fsp3) is 0.375. The fourth-order valence-electron chi connectivity index (χ4n) is 3.64. The first-order valence-electron chi connectivity index (χ1n) is 11.5. The van der Waals surface area contributed by atoms with E-state index < -0.39 is 0 Å². The van der Waals surface area contributed by atoms with Crippen LogP contribution >= 0.6 is 11.3 Å². The van der Waals surface area contributed by atoms with Crippen LogP contribution in [0.2, 0.25) is 0 Å². The Kier molecular flexibility index (Phi) is 8.22. The quantitative estimate of drug-likeness (QED) is 0.444. The Labute approximate surface area is 207 Å². The van der Waals surface area contributed by atoms with Crippen LogP contribution < -0.4 is 10.2 Å². The van der Waals surface area contributed by atoms with Gasteiger partial charge >= 0.3 is 11.9 Å². The molecule has 0 atom stereocenters. The summed E-state index contributed by atoms with van der Waals surface area (Å²) < 4.78 is 10.4. The zero-order valence-electron chi connectivity index (χ0n) is 19.8. The topological polar surface area (TPSA) is 110 Å². The Morgan fingerprint density at radius 2 is 1.83 bits per heavy atom. The van der Waals surface area contributed by atoms with Crippen LogP contribution in [0.3, 0.4) is 0 Å². The number of aromatic nitrogens is 3. The minimum absolute atomic E-state index is 0.296. The van der Waals surface area contributed by atoms with E-state index >= 15 is 0 Å². The van der Waals surface area contributed by atoms with Gasteiger partial charge in [-0.05, 0) is 26.0 Å². The molecule has 1 aromatic carbocycles. The molecule has 2 aromatic heterocycles. The van der Waals surface area contributed by atoms with Crippen molar-refractivity contribution in [3.8, 4) is 0 Å². The first kappa shape index (κ1) is 24.6. The number of nitrogens with one attached hydrogen (secondary N) is 1.